The van der Waals surface area contributed by atoms with E-state index in [1.54, 1.807) is 0 Å². The summed E-state index contributed by atoms with van der Waals surface area (Å²) in [6.45, 7) is 3.59. The van der Waals surface area contributed by atoms with Gasteiger partial charge in [0.1, 0.15) is 5.84 Å². The highest BCUT2D eigenvalue weighted by molar-refractivity contribution is 6.33. The average Bonchev–Trinajstić information content (AvgIpc) is 3.14. The number of benzene rings is 2. The molecule has 2 aromatic carbocycles. The number of amides is 1. The third-order valence-electron chi connectivity index (χ3n) is 6.20. The minimum absolute atomic E-state index is 0.0150. The summed E-state index contributed by atoms with van der Waals surface area (Å²) >= 11 is 5.98. The molecule has 4 nitrogen and oxygen atoms in total. The van der Waals surface area contributed by atoms with Crippen LogP contribution in [0.4, 0.5) is 13.2 Å². The number of fused-ring (bicyclic) bond motifs is 1. The maximum Gasteiger partial charge on any atom is 0.416 e. The Bertz CT molecular complexity index is 1040. The van der Waals surface area contributed by atoms with Crippen LogP contribution in [-0.4, -0.2) is 24.3 Å². The van der Waals surface area contributed by atoms with Gasteiger partial charge in [-0.2, -0.15) is 13.2 Å². The molecule has 2 N–H and O–H groups in total. The molecule has 4 rings (SSSR count). The maximum absolute atomic E-state index is 13.0. The molecule has 1 heterocycles. The third-order valence-corrected chi connectivity index (χ3v) is 6.53. The molecule has 1 aliphatic heterocycles. The number of aliphatic imine (C=N–C) groups is 1. The molecular weight excluding hydrogens is 439 g/mol. The van der Waals surface area contributed by atoms with Gasteiger partial charge in [-0.05, 0) is 62.3 Å². The predicted octanol–water partition coefficient (Wildman–Crippen LogP) is 5.51. The van der Waals surface area contributed by atoms with Gasteiger partial charge in [-0.15, -0.1) is 0 Å². The molecule has 170 valence electrons. The van der Waals surface area contributed by atoms with Gasteiger partial charge in [0.2, 0.25) is 0 Å². The number of nitrogens with zero attached hydrogens (tertiary/aromatic N) is 1. The second kappa shape index (κ2) is 9.14. The molecule has 0 unspecified atom stereocenters. The fourth-order valence-corrected chi connectivity index (χ4v) is 4.58. The van der Waals surface area contributed by atoms with Crippen LogP contribution in [0, 0.1) is 12.8 Å². The summed E-state index contributed by atoms with van der Waals surface area (Å²) in [6, 6.07) is 9.10. The molecular formula is C24H25ClF3N3O. The zero-order valence-corrected chi connectivity index (χ0v) is 18.5. The Kier molecular flexibility index (Phi) is 6.47. The van der Waals surface area contributed by atoms with Gasteiger partial charge < -0.3 is 10.6 Å². The van der Waals surface area contributed by atoms with Crippen LogP contribution in [0.15, 0.2) is 41.4 Å². The molecule has 2 aliphatic rings. The quantitative estimate of drug-likeness (QED) is 0.628. The average molecular weight is 464 g/mol. The highest BCUT2D eigenvalue weighted by atomic mass is 35.5. The molecule has 0 spiro atoms. The zero-order valence-electron chi connectivity index (χ0n) is 17.7. The van der Waals surface area contributed by atoms with Crippen LogP contribution >= 0.6 is 11.6 Å². The Labute approximate surface area is 190 Å². The number of hydrogen-bond donors (Lipinski definition) is 2. The lowest BCUT2D eigenvalue weighted by Crippen LogP contribution is -2.40. The molecule has 1 fully saturated rings. The standard InChI is InChI=1S/C24H25ClF3N3O/c1-14-2-8-19-16(10-14)13-30-22(19)29-12-15-3-6-18(7-4-15)31-23(32)20-11-17(24(26,27)28)5-9-21(20)25/h2,5,8-11,15,18H,3-4,6-7,12-13H2,1H3,(H,29,30)(H,31,32). The van der Waals surface area contributed by atoms with Crippen molar-refractivity contribution in [3.8, 4) is 0 Å². The van der Waals surface area contributed by atoms with E-state index in [0.29, 0.717) is 12.5 Å². The van der Waals surface area contributed by atoms with Crippen molar-refractivity contribution in [2.24, 2.45) is 10.9 Å². The molecule has 0 atom stereocenters. The number of rotatable bonds is 4. The molecule has 1 amide bonds. The maximum atomic E-state index is 13.0. The smallest absolute Gasteiger partial charge is 0.370 e. The van der Waals surface area contributed by atoms with Crippen molar-refractivity contribution >= 4 is 23.3 Å². The number of aryl methyl sites for hydroxylation is 1. The van der Waals surface area contributed by atoms with Crippen molar-refractivity contribution < 1.29 is 18.0 Å². The highest BCUT2D eigenvalue weighted by Gasteiger charge is 2.32. The SMILES string of the molecule is Cc1ccc2c(c1)CN=C2NCC1CCC(NC(=O)c2cc(C(F)(F)F)ccc2Cl)CC1. The number of carbonyl (C=O) groups is 1. The summed E-state index contributed by atoms with van der Waals surface area (Å²) < 4.78 is 38.9. The Morgan fingerprint density at radius 3 is 2.59 bits per heavy atom. The lowest BCUT2D eigenvalue weighted by molar-refractivity contribution is -0.137. The molecule has 1 aliphatic carbocycles. The first kappa shape index (κ1) is 22.6. The lowest BCUT2D eigenvalue weighted by Gasteiger charge is -2.29. The van der Waals surface area contributed by atoms with Crippen LogP contribution in [0.5, 0.6) is 0 Å². The van der Waals surface area contributed by atoms with Crippen LogP contribution in [0.3, 0.4) is 0 Å². The van der Waals surface area contributed by atoms with Gasteiger partial charge in [0.15, 0.2) is 0 Å². The number of amidine groups is 1. The largest absolute Gasteiger partial charge is 0.416 e. The summed E-state index contributed by atoms with van der Waals surface area (Å²) in [5, 5.41) is 6.35. The number of halogens is 4. The van der Waals surface area contributed by atoms with Crippen molar-refractivity contribution in [1.82, 2.24) is 10.6 Å². The monoisotopic (exact) mass is 463 g/mol. The van der Waals surface area contributed by atoms with Gasteiger partial charge in [0.05, 0.1) is 22.7 Å². The van der Waals surface area contributed by atoms with E-state index in [4.69, 9.17) is 11.6 Å². The first-order valence-corrected chi connectivity index (χ1v) is 11.1. The minimum Gasteiger partial charge on any atom is -0.370 e. The fraction of sp³-hybridized carbons (Fsp3) is 0.417. The molecule has 0 bridgehead atoms. The predicted molar refractivity (Wildman–Crippen MR) is 119 cm³/mol. The van der Waals surface area contributed by atoms with E-state index in [-0.39, 0.29) is 16.6 Å². The summed E-state index contributed by atoms with van der Waals surface area (Å²) in [7, 11) is 0. The Balaban J connectivity index is 1.27. The van der Waals surface area contributed by atoms with E-state index >= 15 is 0 Å². The molecule has 32 heavy (non-hydrogen) atoms. The Morgan fingerprint density at radius 1 is 1.12 bits per heavy atom. The van der Waals surface area contributed by atoms with Gasteiger partial charge in [0.25, 0.3) is 5.91 Å². The minimum atomic E-state index is -4.52. The van der Waals surface area contributed by atoms with E-state index in [1.165, 1.54) is 11.1 Å². The van der Waals surface area contributed by atoms with Crippen molar-refractivity contribution in [3.63, 3.8) is 0 Å². The van der Waals surface area contributed by atoms with Gasteiger partial charge in [0, 0.05) is 18.2 Å². The van der Waals surface area contributed by atoms with Crippen molar-refractivity contribution in [2.75, 3.05) is 6.54 Å². The molecule has 2 aromatic rings. The van der Waals surface area contributed by atoms with Crippen molar-refractivity contribution in [1.29, 1.82) is 0 Å². The number of alkyl halides is 3. The first-order valence-electron chi connectivity index (χ1n) is 10.8. The third kappa shape index (κ3) is 5.09. The van der Waals surface area contributed by atoms with Crippen molar-refractivity contribution in [2.45, 2.75) is 51.4 Å². The van der Waals surface area contributed by atoms with Gasteiger partial charge in [-0.3, -0.25) is 9.79 Å². The summed E-state index contributed by atoms with van der Waals surface area (Å²) in [5.41, 5.74) is 2.61. The zero-order chi connectivity index (χ0) is 22.9. The second-order valence-electron chi connectivity index (χ2n) is 8.59. The first-order chi connectivity index (χ1) is 15.2. The lowest BCUT2D eigenvalue weighted by atomic mass is 9.85. The van der Waals surface area contributed by atoms with E-state index in [2.05, 4.69) is 40.7 Å². The number of hydrogen-bond acceptors (Lipinski definition) is 3. The highest BCUT2D eigenvalue weighted by Crippen LogP contribution is 2.32. The van der Waals surface area contributed by atoms with E-state index < -0.39 is 17.6 Å². The van der Waals surface area contributed by atoms with Crippen LogP contribution in [-0.2, 0) is 12.7 Å². The summed E-state index contributed by atoms with van der Waals surface area (Å²) in [6.07, 6.45) is -1.13. The van der Waals surface area contributed by atoms with Crippen molar-refractivity contribution in [3.05, 3.63) is 69.2 Å². The second-order valence-corrected chi connectivity index (χ2v) is 9.00. The molecule has 0 radical (unpaired) electrons. The molecule has 0 aromatic heterocycles. The van der Waals surface area contributed by atoms with Crippen LogP contribution in [0.2, 0.25) is 5.02 Å². The summed E-state index contributed by atoms with van der Waals surface area (Å²) in [5.74, 6) is 0.835. The van der Waals surface area contributed by atoms with Gasteiger partial charge in [-0.1, -0.05) is 35.4 Å². The van der Waals surface area contributed by atoms with Crippen LogP contribution in [0.1, 0.15) is 58.3 Å². The number of carbonyl (C=O) groups excluding carboxylic acids is 1. The van der Waals surface area contributed by atoms with Gasteiger partial charge in [-0.25, -0.2) is 0 Å². The topological polar surface area (TPSA) is 53.5 Å². The molecule has 1 saturated carbocycles. The van der Waals surface area contributed by atoms with E-state index in [9.17, 15) is 18.0 Å². The van der Waals surface area contributed by atoms with E-state index in [0.717, 1.165) is 61.8 Å². The summed E-state index contributed by atoms with van der Waals surface area (Å²) in [4.78, 5) is 17.1. The van der Waals surface area contributed by atoms with E-state index in [1.807, 2.05) is 0 Å². The Hall–Kier alpha value is -2.54. The Morgan fingerprint density at radius 2 is 1.88 bits per heavy atom. The fourth-order valence-electron chi connectivity index (χ4n) is 4.38. The molecule has 8 heteroatoms. The normalized spacial score (nSPS) is 20.5. The van der Waals surface area contributed by atoms with Gasteiger partial charge >= 0.3 is 6.18 Å². The number of nitrogens with one attached hydrogen (secondary N) is 2. The van der Waals surface area contributed by atoms with Crippen LogP contribution in [0.25, 0.3) is 0 Å². The van der Waals surface area contributed by atoms with Crippen LogP contribution < -0.4 is 10.6 Å². The molecule has 0 saturated heterocycles.